The van der Waals surface area contributed by atoms with Crippen LogP contribution in [-0.4, -0.2) is 11.8 Å². The lowest BCUT2D eigenvalue weighted by molar-refractivity contribution is -0.135. The van der Waals surface area contributed by atoms with E-state index in [0.29, 0.717) is 23.7 Å². The van der Waals surface area contributed by atoms with E-state index in [1.807, 2.05) is 30.3 Å². The van der Waals surface area contributed by atoms with Gasteiger partial charge in [0.2, 0.25) is 11.8 Å². The molecule has 6 rings (SSSR count). The standard InChI is InChI=1S/C18H17NO2/c20-17-15-13-8-9-14(12-7-6-11(12)13)16(15)18(21)19(17)10-4-2-1-3-5-10/h1-7,11-16H,8-9H2/t11-,12-,13-,14+,15-,16-/m0/s1. The summed E-state index contributed by atoms with van der Waals surface area (Å²) in [6.45, 7) is 0. The number of anilines is 1. The summed E-state index contributed by atoms with van der Waals surface area (Å²) in [6.07, 6.45) is 6.75. The number of imide groups is 1. The topological polar surface area (TPSA) is 37.4 Å². The molecule has 2 amide bonds. The minimum absolute atomic E-state index is 0.0460. The Bertz CT molecular complexity index is 627. The Morgan fingerprint density at radius 2 is 1.33 bits per heavy atom. The molecule has 21 heavy (non-hydrogen) atoms. The van der Waals surface area contributed by atoms with E-state index in [9.17, 15) is 9.59 Å². The van der Waals surface area contributed by atoms with Crippen LogP contribution in [0.2, 0.25) is 0 Å². The smallest absolute Gasteiger partial charge is 0.237 e. The molecule has 0 spiro atoms. The fourth-order valence-corrected chi connectivity index (χ4v) is 5.28. The molecule has 4 aliphatic carbocycles. The Hall–Kier alpha value is -1.90. The molecule has 6 atom stereocenters. The maximum atomic E-state index is 12.9. The molecule has 106 valence electrons. The Labute approximate surface area is 123 Å². The second kappa shape index (κ2) is 3.85. The van der Waals surface area contributed by atoms with Gasteiger partial charge in [-0.25, -0.2) is 0 Å². The van der Waals surface area contributed by atoms with Crippen LogP contribution in [0.1, 0.15) is 12.8 Å². The molecule has 0 N–H and O–H groups in total. The van der Waals surface area contributed by atoms with Crippen LogP contribution in [0.3, 0.4) is 0 Å². The average molecular weight is 279 g/mol. The van der Waals surface area contributed by atoms with E-state index < -0.39 is 0 Å². The first-order valence-electron chi connectivity index (χ1n) is 7.88. The number of para-hydroxylation sites is 1. The molecule has 1 aromatic rings. The molecule has 1 heterocycles. The molecular weight excluding hydrogens is 262 g/mol. The highest BCUT2D eigenvalue weighted by atomic mass is 16.2. The van der Waals surface area contributed by atoms with Crippen LogP contribution in [-0.2, 0) is 9.59 Å². The van der Waals surface area contributed by atoms with E-state index in [1.54, 1.807) is 0 Å². The fourth-order valence-electron chi connectivity index (χ4n) is 5.28. The number of carbonyl (C=O) groups is 2. The summed E-state index contributed by atoms with van der Waals surface area (Å²) in [4.78, 5) is 27.3. The number of hydrogen-bond donors (Lipinski definition) is 0. The average Bonchev–Trinajstić information content (AvgIpc) is 2.73. The summed E-state index contributed by atoms with van der Waals surface area (Å²) in [5.41, 5.74) is 0.738. The van der Waals surface area contributed by atoms with Gasteiger partial charge in [-0.15, -0.1) is 0 Å². The van der Waals surface area contributed by atoms with Crippen molar-refractivity contribution in [3.63, 3.8) is 0 Å². The van der Waals surface area contributed by atoms with E-state index >= 15 is 0 Å². The number of fused-ring (bicyclic) bond motifs is 1. The second-order valence-electron chi connectivity index (χ2n) is 6.84. The van der Waals surface area contributed by atoms with E-state index in [4.69, 9.17) is 0 Å². The third-order valence-corrected chi connectivity index (χ3v) is 6.16. The summed E-state index contributed by atoms with van der Waals surface area (Å²) in [5.74, 6) is 1.84. The zero-order valence-corrected chi connectivity index (χ0v) is 11.7. The molecule has 2 bridgehead atoms. The van der Waals surface area contributed by atoms with Crippen molar-refractivity contribution in [1.82, 2.24) is 0 Å². The summed E-state index contributed by atoms with van der Waals surface area (Å²) in [6, 6.07) is 9.41. The molecule has 3 saturated carbocycles. The van der Waals surface area contributed by atoms with Gasteiger partial charge in [-0.1, -0.05) is 30.4 Å². The van der Waals surface area contributed by atoms with Crippen LogP contribution in [0.4, 0.5) is 5.69 Å². The van der Waals surface area contributed by atoms with Gasteiger partial charge in [0, 0.05) is 0 Å². The van der Waals surface area contributed by atoms with Crippen molar-refractivity contribution in [2.45, 2.75) is 12.8 Å². The third kappa shape index (κ3) is 1.30. The number of carbonyl (C=O) groups excluding carboxylic acids is 2. The van der Waals surface area contributed by atoms with Gasteiger partial charge in [0.15, 0.2) is 0 Å². The first-order chi connectivity index (χ1) is 10.3. The van der Waals surface area contributed by atoms with Gasteiger partial charge >= 0.3 is 0 Å². The summed E-state index contributed by atoms with van der Waals surface area (Å²) >= 11 is 0. The van der Waals surface area contributed by atoms with Crippen molar-refractivity contribution in [3.05, 3.63) is 42.5 Å². The SMILES string of the molecule is O=C1[C@H]2[C@@H]3CC[C@@H]([C@H]4C=C[C@@H]43)[C@@H]2C(=O)N1c1ccccc1. The molecule has 1 aliphatic heterocycles. The number of hydrogen-bond acceptors (Lipinski definition) is 2. The van der Waals surface area contributed by atoms with Gasteiger partial charge < -0.3 is 0 Å². The molecule has 5 aliphatic rings. The molecule has 3 heteroatoms. The minimum atomic E-state index is -0.0670. The van der Waals surface area contributed by atoms with Crippen molar-refractivity contribution in [2.24, 2.45) is 35.5 Å². The largest absolute Gasteiger partial charge is 0.274 e. The van der Waals surface area contributed by atoms with Crippen molar-refractivity contribution < 1.29 is 9.59 Å². The second-order valence-corrected chi connectivity index (χ2v) is 6.84. The van der Waals surface area contributed by atoms with Gasteiger partial charge in [-0.05, 0) is 48.6 Å². The van der Waals surface area contributed by atoms with Gasteiger partial charge in [-0.3, -0.25) is 14.5 Å². The van der Waals surface area contributed by atoms with Crippen LogP contribution in [0.25, 0.3) is 0 Å². The Morgan fingerprint density at radius 1 is 0.810 bits per heavy atom. The van der Waals surface area contributed by atoms with Crippen LogP contribution in [0, 0.1) is 35.5 Å². The molecule has 1 saturated heterocycles. The number of benzene rings is 1. The Balaban J connectivity index is 1.60. The maximum absolute atomic E-state index is 12.9. The highest BCUT2D eigenvalue weighted by Gasteiger charge is 2.64. The first kappa shape index (κ1) is 11.7. The number of rotatable bonds is 1. The van der Waals surface area contributed by atoms with E-state index in [0.717, 1.165) is 18.5 Å². The molecule has 0 aromatic heterocycles. The summed E-state index contributed by atoms with van der Waals surface area (Å²) in [5, 5.41) is 0. The van der Waals surface area contributed by atoms with Gasteiger partial charge in [0.05, 0.1) is 17.5 Å². The predicted molar refractivity (Wildman–Crippen MR) is 78.2 cm³/mol. The lowest BCUT2D eigenvalue weighted by atomic mass is 9.47. The van der Waals surface area contributed by atoms with Gasteiger partial charge in [-0.2, -0.15) is 0 Å². The van der Waals surface area contributed by atoms with Crippen LogP contribution < -0.4 is 4.90 Å². The van der Waals surface area contributed by atoms with E-state index in [2.05, 4.69) is 12.2 Å². The van der Waals surface area contributed by atoms with E-state index in [1.165, 1.54) is 4.90 Å². The summed E-state index contributed by atoms with van der Waals surface area (Å²) in [7, 11) is 0. The third-order valence-electron chi connectivity index (χ3n) is 6.16. The zero-order valence-electron chi connectivity index (χ0n) is 11.7. The lowest BCUT2D eigenvalue weighted by Crippen LogP contribution is -2.53. The van der Waals surface area contributed by atoms with Gasteiger partial charge in [0.25, 0.3) is 0 Å². The molecule has 1 aromatic carbocycles. The first-order valence-corrected chi connectivity index (χ1v) is 7.88. The van der Waals surface area contributed by atoms with Crippen molar-refractivity contribution >= 4 is 17.5 Å². The maximum Gasteiger partial charge on any atom is 0.237 e. The van der Waals surface area contributed by atoms with Crippen molar-refractivity contribution in [1.29, 1.82) is 0 Å². The quantitative estimate of drug-likeness (QED) is 0.585. The van der Waals surface area contributed by atoms with Crippen LogP contribution >= 0.6 is 0 Å². The number of amides is 2. The number of nitrogens with zero attached hydrogens (tertiary/aromatic N) is 1. The zero-order chi connectivity index (χ0) is 14.1. The predicted octanol–water partition coefficient (Wildman–Crippen LogP) is 2.63. The Morgan fingerprint density at radius 3 is 1.81 bits per heavy atom. The van der Waals surface area contributed by atoms with E-state index in [-0.39, 0.29) is 23.7 Å². The van der Waals surface area contributed by atoms with Crippen molar-refractivity contribution in [3.8, 4) is 0 Å². The lowest BCUT2D eigenvalue weighted by Gasteiger charge is -2.55. The highest BCUT2D eigenvalue weighted by molar-refractivity contribution is 6.22. The monoisotopic (exact) mass is 279 g/mol. The molecular formula is C18H17NO2. The van der Waals surface area contributed by atoms with Crippen LogP contribution in [0.5, 0.6) is 0 Å². The fraction of sp³-hybridized carbons (Fsp3) is 0.444. The highest BCUT2D eigenvalue weighted by Crippen LogP contribution is 2.61. The molecule has 3 nitrogen and oxygen atoms in total. The molecule has 0 radical (unpaired) electrons. The minimum Gasteiger partial charge on any atom is -0.274 e. The molecule has 0 unspecified atom stereocenters. The van der Waals surface area contributed by atoms with Crippen molar-refractivity contribution in [2.75, 3.05) is 4.90 Å². The summed E-state index contributed by atoms with van der Waals surface area (Å²) < 4.78 is 0. The molecule has 4 fully saturated rings. The van der Waals surface area contributed by atoms with Crippen LogP contribution in [0.15, 0.2) is 42.5 Å². The number of allylic oxidation sites excluding steroid dienone is 2. The van der Waals surface area contributed by atoms with Gasteiger partial charge in [0.1, 0.15) is 0 Å². The normalized spacial score (nSPS) is 42.8. The Kier molecular flexibility index (Phi) is 2.15.